The van der Waals surface area contributed by atoms with Crippen molar-refractivity contribution in [3.8, 4) is 11.5 Å². The van der Waals surface area contributed by atoms with Crippen molar-refractivity contribution in [2.75, 3.05) is 39.1 Å². The standard InChI is InChI=1S/C22H26N6O2S/c1-4-27(5-2)12-13-30-16-8-6-15(7-9-16)24-21-25-20(23)26-22-28(21)18-11-10-17(29-3)14-19(18)31-22/h6-11,14H,4-5,12-13H2,1-3H3,(H2,23,24,25). The number of nitrogens with zero attached hydrogens (tertiary/aromatic N) is 5. The van der Waals surface area contributed by atoms with E-state index in [0.717, 1.165) is 52.0 Å². The number of nitrogen functional groups attached to an aromatic ring is 1. The normalized spacial score (nSPS) is 12.2. The second-order valence-electron chi connectivity index (χ2n) is 6.92. The van der Waals surface area contributed by atoms with Crippen molar-refractivity contribution in [2.45, 2.75) is 13.8 Å². The number of anilines is 1. The van der Waals surface area contributed by atoms with Gasteiger partial charge >= 0.3 is 0 Å². The summed E-state index contributed by atoms with van der Waals surface area (Å²) in [5.74, 6) is 1.79. The second-order valence-corrected chi connectivity index (χ2v) is 7.93. The summed E-state index contributed by atoms with van der Waals surface area (Å²) in [6.45, 7) is 7.92. The van der Waals surface area contributed by atoms with Crippen LogP contribution in [0.4, 0.5) is 11.6 Å². The molecule has 0 amide bonds. The van der Waals surface area contributed by atoms with Gasteiger partial charge in [-0.25, -0.2) is 4.99 Å². The van der Waals surface area contributed by atoms with Crippen LogP contribution in [0.15, 0.2) is 47.5 Å². The fraction of sp³-hybridized carbons (Fsp3) is 0.318. The predicted molar refractivity (Wildman–Crippen MR) is 124 cm³/mol. The number of hydrogen-bond donors (Lipinski definition) is 1. The molecule has 2 heterocycles. The van der Waals surface area contributed by atoms with Crippen molar-refractivity contribution in [1.29, 1.82) is 0 Å². The molecule has 2 aromatic carbocycles. The Morgan fingerprint density at radius 2 is 1.81 bits per heavy atom. The van der Waals surface area contributed by atoms with Crippen molar-refractivity contribution in [3.05, 3.63) is 48.1 Å². The Bertz CT molecular complexity index is 1240. The Kier molecular flexibility index (Phi) is 6.34. The molecule has 0 aliphatic rings. The molecule has 0 saturated carbocycles. The molecule has 0 radical (unpaired) electrons. The predicted octanol–water partition coefficient (Wildman–Crippen LogP) is 3.49. The van der Waals surface area contributed by atoms with Gasteiger partial charge in [0.2, 0.25) is 16.5 Å². The van der Waals surface area contributed by atoms with E-state index < -0.39 is 0 Å². The monoisotopic (exact) mass is 438 g/mol. The molecule has 31 heavy (non-hydrogen) atoms. The summed E-state index contributed by atoms with van der Waals surface area (Å²) in [6, 6.07) is 13.5. The molecule has 2 aromatic heterocycles. The Labute approximate surface area is 184 Å². The lowest BCUT2D eigenvalue weighted by atomic mass is 10.3. The van der Waals surface area contributed by atoms with Gasteiger partial charge in [0.1, 0.15) is 18.1 Å². The summed E-state index contributed by atoms with van der Waals surface area (Å²) in [5, 5.41) is 0. The van der Waals surface area contributed by atoms with Crippen LogP contribution in [0.5, 0.6) is 11.5 Å². The number of aromatic nitrogens is 3. The first-order chi connectivity index (χ1) is 15.1. The van der Waals surface area contributed by atoms with Gasteiger partial charge in [0.25, 0.3) is 0 Å². The quantitative estimate of drug-likeness (QED) is 0.453. The molecule has 9 heteroatoms. The maximum absolute atomic E-state index is 5.94. The SMILES string of the molecule is CCN(CC)CCOc1ccc(/N=c2\nc(N)nc3sc4cc(OC)ccc4n23)cc1. The number of rotatable bonds is 8. The van der Waals surface area contributed by atoms with E-state index in [9.17, 15) is 0 Å². The van der Waals surface area contributed by atoms with Crippen LogP contribution in [0.2, 0.25) is 0 Å². The average Bonchev–Trinajstić information content (AvgIpc) is 3.15. The van der Waals surface area contributed by atoms with Crippen LogP contribution < -0.4 is 20.8 Å². The smallest absolute Gasteiger partial charge is 0.240 e. The van der Waals surface area contributed by atoms with E-state index in [1.807, 2.05) is 46.9 Å². The molecule has 0 saturated heterocycles. The number of nitrogens with two attached hydrogens (primary N) is 1. The summed E-state index contributed by atoms with van der Waals surface area (Å²) >= 11 is 1.52. The molecule has 0 atom stereocenters. The van der Waals surface area contributed by atoms with E-state index in [1.165, 1.54) is 11.3 Å². The van der Waals surface area contributed by atoms with Crippen molar-refractivity contribution in [3.63, 3.8) is 0 Å². The van der Waals surface area contributed by atoms with Crippen LogP contribution in [0.1, 0.15) is 13.8 Å². The van der Waals surface area contributed by atoms with E-state index in [-0.39, 0.29) is 5.95 Å². The minimum atomic E-state index is 0.189. The highest BCUT2D eigenvalue weighted by atomic mass is 32.1. The molecule has 4 rings (SSSR count). The third kappa shape index (κ3) is 4.62. The van der Waals surface area contributed by atoms with Crippen LogP contribution in [0.3, 0.4) is 0 Å². The molecule has 8 nitrogen and oxygen atoms in total. The van der Waals surface area contributed by atoms with Gasteiger partial charge in [0.15, 0.2) is 0 Å². The number of ether oxygens (including phenoxy) is 2. The molecule has 162 valence electrons. The van der Waals surface area contributed by atoms with Crippen molar-refractivity contribution >= 4 is 38.2 Å². The van der Waals surface area contributed by atoms with Crippen LogP contribution >= 0.6 is 11.3 Å². The zero-order valence-electron chi connectivity index (χ0n) is 17.9. The van der Waals surface area contributed by atoms with E-state index >= 15 is 0 Å². The fourth-order valence-corrected chi connectivity index (χ4v) is 4.36. The number of likely N-dealkylation sites (N-methyl/N-ethyl adjacent to an activating group) is 1. The maximum atomic E-state index is 5.94. The van der Waals surface area contributed by atoms with Gasteiger partial charge in [-0.3, -0.25) is 4.40 Å². The molecule has 0 spiro atoms. The summed E-state index contributed by atoms with van der Waals surface area (Å²) < 4.78 is 14.1. The molecule has 2 N–H and O–H groups in total. The van der Waals surface area contributed by atoms with Crippen molar-refractivity contribution in [1.82, 2.24) is 19.3 Å². The highest BCUT2D eigenvalue weighted by molar-refractivity contribution is 7.23. The van der Waals surface area contributed by atoms with Gasteiger partial charge in [-0.2, -0.15) is 9.97 Å². The molecule has 0 aliphatic heterocycles. The number of methoxy groups -OCH3 is 1. The molecule has 0 fully saturated rings. The second kappa shape index (κ2) is 9.32. The number of benzene rings is 2. The van der Waals surface area contributed by atoms with Crippen LogP contribution in [0, 0.1) is 0 Å². The van der Waals surface area contributed by atoms with E-state index in [0.29, 0.717) is 12.2 Å². The largest absolute Gasteiger partial charge is 0.497 e. The average molecular weight is 439 g/mol. The summed E-state index contributed by atoms with van der Waals surface area (Å²) in [4.78, 5) is 16.5. The Morgan fingerprint density at radius 3 is 2.52 bits per heavy atom. The Balaban J connectivity index is 1.64. The van der Waals surface area contributed by atoms with Gasteiger partial charge in [-0.05, 0) is 55.6 Å². The van der Waals surface area contributed by atoms with Crippen LogP contribution in [-0.4, -0.2) is 52.6 Å². The van der Waals surface area contributed by atoms with Gasteiger partial charge < -0.3 is 20.1 Å². The molecule has 0 aliphatic carbocycles. The van der Waals surface area contributed by atoms with Crippen LogP contribution in [-0.2, 0) is 0 Å². The lowest BCUT2D eigenvalue weighted by Crippen LogP contribution is -2.27. The van der Waals surface area contributed by atoms with Gasteiger partial charge in [0.05, 0.1) is 23.0 Å². The zero-order chi connectivity index (χ0) is 21.8. The lowest BCUT2D eigenvalue weighted by Gasteiger charge is -2.17. The first-order valence-electron chi connectivity index (χ1n) is 10.2. The zero-order valence-corrected chi connectivity index (χ0v) is 18.7. The molecule has 4 aromatic rings. The molecule has 0 unspecified atom stereocenters. The summed E-state index contributed by atoms with van der Waals surface area (Å²) in [7, 11) is 1.65. The van der Waals surface area contributed by atoms with E-state index in [4.69, 9.17) is 20.2 Å². The maximum Gasteiger partial charge on any atom is 0.240 e. The van der Waals surface area contributed by atoms with Gasteiger partial charge in [0, 0.05) is 6.54 Å². The van der Waals surface area contributed by atoms with Crippen LogP contribution in [0.25, 0.3) is 15.2 Å². The summed E-state index contributed by atoms with van der Waals surface area (Å²) in [5.41, 5.74) is 8.14. The van der Waals surface area contributed by atoms with E-state index in [1.54, 1.807) is 7.11 Å². The number of thiazole rings is 1. The molecular formula is C22H26N6O2S. The minimum Gasteiger partial charge on any atom is -0.497 e. The van der Waals surface area contributed by atoms with Gasteiger partial charge in [-0.15, -0.1) is 0 Å². The first kappa shape index (κ1) is 21.1. The third-order valence-electron chi connectivity index (χ3n) is 5.06. The summed E-state index contributed by atoms with van der Waals surface area (Å²) in [6.07, 6.45) is 0. The topological polar surface area (TPSA) is 90.3 Å². The Hall–Kier alpha value is -3.17. The fourth-order valence-electron chi connectivity index (χ4n) is 3.32. The third-order valence-corrected chi connectivity index (χ3v) is 6.06. The van der Waals surface area contributed by atoms with E-state index in [2.05, 4.69) is 28.7 Å². The molecule has 0 bridgehead atoms. The number of fused-ring (bicyclic) bond motifs is 3. The Morgan fingerprint density at radius 1 is 1.06 bits per heavy atom. The minimum absolute atomic E-state index is 0.189. The van der Waals surface area contributed by atoms with Crippen molar-refractivity contribution in [2.24, 2.45) is 4.99 Å². The van der Waals surface area contributed by atoms with Gasteiger partial charge in [-0.1, -0.05) is 25.2 Å². The van der Waals surface area contributed by atoms with Crippen molar-refractivity contribution < 1.29 is 9.47 Å². The highest BCUT2D eigenvalue weighted by Gasteiger charge is 2.10. The highest BCUT2D eigenvalue weighted by Crippen LogP contribution is 2.28. The first-order valence-corrected chi connectivity index (χ1v) is 11.1. The lowest BCUT2D eigenvalue weighted by molar-refractivity contribution is 0.223. The number of hydrogen-bond acceptors (Lipinski definition) is 8. The molecular weight excluding hydrogens is 412 g/mol.